The first-order valence-electron chi connectivity index (χ1n) is 9.44. The summed E-state index contributed by atoms with van der Waals surface area (Å²) in [6, 6.07) is 3.45. The van der Waals surface area contributed by atoms with Gasteiger partial charge in [-0.25, -0.2) is 4.79 Å². The molecule has 0 aromatic rings. The van der Waals surface area contributed by atoms with Gasteiger partial charge in [0.05, 0.1) is 18.9 Å². The van der Waals surface area contributed by atoms with Gasteiger partial charge < -0.3 is 14.1 Å². The number of rotatable bonds is 6. The quantitative estimate of drug-likeness (QED) is 0.342. The highest BCUT2D eigenvalue weighted by molar-refractivity contribution is 9.09. The van der Waals surface area contributed by atoms with E-state index in [0.29, 0.717) is 12.5 Å². The number of carbonyl (C=O) groups is 1. The maximum Gasteiger partial charge on any atom is 0.409 e. The third-order valence-electron chi connectivity index (χ3n) is 7.06. The van der Waals surface area contributed by atoms with Gasteiger partial charge in [0.2, 0.25) is 8.32 Å². The van der Waals surface area contributed by atoms with E-state index in [1.807, 2.05) is 4.90 Å². The molecule has 2 aliphatic carbocycles. The number of likely N-dealkylation sites (tertiary alicyclic amines) is 1. The van der Waals surface area contributed by atoms with Crippen LogP contribution in [0.3, 0.4) is 0 Å². The van der Waals surface area contributed by atoms with E-state index in [9.17, 15) is 4.79 Å². The van der Waals surface area contributed by atoms with Crippen molar-refractivity contribution in [2.45, 2.75) is 56.2 Å². The van der Waals surface area contributed by atoms with Gasteiger partial charge in [0, 0.05) is 22.7 Å². The number of amides is 1. The largest absolute Gasteiger partial charge is 0.546 e. The molecule has 1 aliphatic heterocycles. The van der Waals surface area contributed by atoms with Crippen molar-refractivity contribution in [1.29, 1.82) is 0 Å². The molecule has 5 atom stereocenters. The Bertz CT molecular complexity index is 583. The summed E-state index contributed by atoms with van der Waals surface area (Å²) in [5.74, 6) is 1.78. The van der Waals surface area contributed by atoms with E-state index in [2.05, 4.69) is 55.4 Å². The highest BCUT2D eigenvalue weighted by Crippen LogP contribution is 2.65. The fourth-order valence-electron chi connectivity index (χ4n) is 5.36. The molecule has 3 rings (SSSR count). The number of alkyl halides is 1. The third kappa shape index (κ3) is 2.54. The van der Waals surface area contributed by atoms with Crippen molar-refractivity contribution in [3.05, 3.63) is 24.5 Å². The molecular formula is C19H30BrNO3Si. The maximum atomic E-state index is 12.4. The Kier molecular flexibility index (Phi) is 5.15. The Morgan fingerprint density at radius 3 is 2.60 bits per heavy atom. The molecule has 4 bridgehead atoms. The van der Waals surface area contributed by atoms with Crippen LogP contribution in [0.1, 0.15) is 27.2 Å². The van der Waals surface area contributed by atoms with Gasteiger partial charge in [0.15, 0.2) is 0 Å². The zero-order valence-corrected chi connectivity index (χ0v) is 18.3. The van der Waals surface area contributed by atoms with Crippen molar-refractivity contribution in [2.75, 3.05) is 13.7 Å². The van der Waals surface area contributed by atoms with Crippen LogP contribution in [0.2, 0.25) is 18.1 Å². The molecule has 0 spiro atoms. The summed E-state index contributed by atoms with van der Waals surface area (Å²) >= 11 is 3.90. The fourth-order valence-corrected chi connectivity index (χ4v) is 9.30. The van der Waals surface area contributed by atoms with E-state index in [-0.39, 0.29) is 28.3 Å². The average Bonchev–Trinajstić information content (AvgIpc) is 3.07. The first kappa shape index (κ1) is 19.0. The summed E-state index contributed by atoms with van der Waals surface area (Å²) in [5, 5.41) is 0. The normalized spacial score (nSPS) is 36.2. The molecule has 140 valence electrons. The number of allylic oxidation sites excluding steroid dienone is 1. The van der Waals surface area contributed by atoms with Crippen LogP contribution >= 0.6 is 15.9 Å². The Labute approximate surface area is 160 Å². The zero-order valence-electron chi connectivity index (χ0n) is 15.8. The van der Waals surface area contributed by atoms with Gasteiger partial charge in [-0.05, 0) is 36.5 Å². The molecule has 0 aromatic heterocycles. The van der Waals surface area contributed by atoms with E-state index in [1.165, 1.54) is 7.11 Å². The molecule has 1 amide bonds. The van der Waals surface area contributed by atoms with Crippen LogP contribution in [0.25, 0.3) is 0 Å². The molecule has 1 saturated heterocycles. The van der Waals surface area contributed by atoms with Gasteiger partial charge >= 0.3 is 6.09 Å². The van der Waals surface area contributed by atoms with Gasteiger partial charge in [0.1, 0.15) is 0 Å². The molecule has 5 unspecified atom stereocenters. The first-order valence-corrected chi connectivity index (χ1v) is 12.9. The predicted octanol–water partition coefficient (Wildman–Crippen LogP) is 4.93. The second-order valence-corrected chi connectivity index (χ2v) is 13.4. The molecule has 6 heteroatoms. The Morgan fingerprint density at radius 2 is 2.08 bits per heavy atom. The summed E-state index contributed by atoms with van der Waals surface area (Å²) in [4.78, 5) is 14.5. The summed E-state index contributed by atoms with van der Waals surface area (Å²) in [5.41, 5.74) is -0.105. The number of halogens is 1. The summed E-state index contributed by atoms with van der Waals surface area (Å²) in [6.45, 7) is 11.6. The van der Waals surface area contributed by atoms with Crippen LogP contribution in [0, 0.1) is 17.3 Å². The van der Waals surface area contributed by atoms with E-state index in [0.717, 1.165) is 30.3 Å². The predicted molar refractivity (Wildman–Crippen MR) is 106 cm³/mol. The van der Waals surface area contributed by atoms with Crippen LogP contribution in [-0.2, 0) is 9.16 Å². The number of hydrogen-bond donors (Lipinski definition) is 0. The topological polar surface area (TPSA) is 38.8 Å². The van der Waals surface area contributed by atoms with Crippen molar-refractivity contribution in [3.63, 3.8) is 0 Å². The van der Waals surface area contributed by atoms with Crippen molar-refractivity contribution in [2.24, 2.45) is 17.3 Å². The van der Waals surface area contributed by atoms with Crippen LogP contribution in [0.5, 0.6) is 0 Å². The highest BCUT2D eigenvalue weighted by Gasteiger charge is 2.69. The monoisotopic (exact) mass is 427 g/mol. The summed E-state index contributed by atoms with van der Waals surface area (Å²) < 4.78 is 11.9. The fraction of sp³-hybridized carbons (Fsp3) is 0.737. The summed E-state index contributed by atoms with van der Waals surface area (Å²) in [6.07, 6.45) is 5.13. The Balaban J connectivity index is 1.99. The number of carbonyl (C=O) groups excluding carboxylic acids is 1. The van der Waals surface area contributed by atoms with Crippen molar-refractivity contribution >= 4 is 30.3 Å². The van der Waals surface area contributed by atoms with Crippen LogP contribution in [-0.4, -0.2) is 43.8 Å². The molecule has 1 saturated carbocycles. The Hall–Kier alpha value is -0.753. The molecule has 0 aromatic carbocycles. The molecule has 25 heavy (non-hydrogen) atoms. The molecule has 4 nitrogen and oxygen atoms in total. The number of methoxy groups -OCH3 is 1. The molecule has 3 aliphatic rings. The van der Waals surface area contributed by atoms with Crippen molar-refractivity contribution in [3.8, 4) is 0 Å². The van der Waals surface area contributed by atoms with Crippen LogP contribution in [0.15, 0.2) is 24.5 Å². The first-order chi connectivity index (χ1) is 11.9. The number of hydrogen-bond acceptors (Lipinski definition) is 3. The minimum Gasteiger partial charge on any atom is -0.546 e. The smallest absolute Gasteiger partial charge is 0.409 e. The lowest BCUT2D eigenvalue weighted by molar-refractivity contribution is 0.0954. The van der Waals surface area contributed by atoms with Crippen LogP contribution < -0.4 is 0 Å². The standard InChI is InChI=1S/C19H30BrNO3Si/c1-6-19-12-21(18(22)23-5)17-15(19)14(11-10-13(19)16(17)20)24-25(7-2,8-3)9-4/h6,11,13,15-17H,1,7-10,12H2,2-5H3. The minimum atomic E-state index is -1.75. The number of ether oxygens (including phenoxy) is 1. The van der Waals surface area contributed by atoms with Crippen molar-refractivity contribution < 1.29 is 14.0 Å². The average molecular weight is 428 g/mol. The van der Waals surface area contributed by atoms with Crippen molar-refractivity contribution in [1.82, 2.24) is 4.90 Å². The van der Waals surface area contributed by atoms with Gasteiger partial charge in [0.25, 0.3) is 0 Å². The van der Waals surface area contributed by atoms with Gasteiger partial charge in [-0.3, -0.25) is 0 Å². The highest BCUT2D eigenvalue weighted by atomic mass is 79.9. The van der Waals surface area contributed by atoms with Gasteiger partial charge in [-0.1, -0.05) is 42.8 Å². The maximum absolute atomic E-state index is 12.4. The summed E-state index contributed by atoms with van der Waals surface area (Å²) in [7, 11) is -0.295. The lowest BCUT2D eigenvalue weighted by Crippen LogP contribution is -2.48. The molecule has 0 radical (unpaired) electrons. The lowest BCUT2D eigenvalue weighted by atomic mass is 9.68. The minimum absolute atomic E-state index is 0.0847. The molecular weight excluding hydrogens is 398 g/mol. The second kappa shape index (κ2) is 6.76. The number of nitrogens with zero attached hydrogens (tertiary/aromatic N) is 1. The second-order valence-electron chi connectivity index (χ2n) is 7.62. The van der Waals surface area contributed by atoms with E-state index >= 15 is 0 Å². The molecule has 2 fully saturated rings. The Morgan fingerprint density at radius 1 is 1.44 bits per heavy atom. The molecule has 1 heterocycles. The number of piperidine rings is 1. The lowest BCUT2D eigenvalue weighted by Gasteiger charge is -2.42. The van der Waals surface area contributed by atoms with Gasteiger partial charge in [-0.15, -0.1) is 6.58 Å². The van der Waals surface area contributed by atoms with Gasteiger partial charge in [-0.2, -0.15) is 0 Å². The van der Waals surface area contributed by atoms with E-state index < -0.39 is 8.32 Å². The van der Waals surface area contributed by atoms with E-state index in [1.54, 1.807) is 0 Å². The molecule has 0 N–H and O–H groups in total. The van der Waals surface area contributed by atoms with E-state index in [4.69, 9.17) is 9.16 Å². The van der Waals surface area contributed by atoms with Crippen LogP contribution in [0.4, 0.5) is 4.79 Å². The zero-order chi connectivity index (χ0) is 18.4. The SMILES string of the molecule is C=CC12CN(C(=O)OC)C3C(Br)C1CC=C(O[Si](CC)(CC)CC)C32. The third-order valence-corrected chi connectivity index (χ3v) is 12.8.